The maximum absolute atomic E-state index is 10.4. The second-order valence-electron chi connectivity index (χ2n) is 6.40. The van der Waals surface area contributed by atoms with Gasteiger partial charge in [-0.25, -0.2) is 0 Å². The summed E-state index contributed by atoms with van der Waals surface area (Å²) in [6, 6.07) is 0.503. The van der Waals surface area contributed by atoms with E-state index in [9.17, 15) is 5.11 Å². The van der Waals surface area contributed by atoms with Crippen LogP contribution in [0.15, 0.2) is 0 Å². The largest absolute Gasteiger partial charge is 0.389 e. The van der Waals surface area contributed by atoms with Crippen LogP contribution in [0.2, 0.25) is 0 Å². The lowest BCUT2D eigenvalue weighted by atomic mass is 9.61. The summed E-state index contributed by atoms with van der Waals surface area (Å²) in [5, 5.41) is 14.0. The second-order valence-corrected chi connectivity index (χ2v) is 6.40. The van der Waals surface area contributed by atoms with Gasteiger partial charge >= 0.3 is 0 Å². The lowest BCUT2D eigenvalue weighted by Gasteiger charge is -2.54. The molecule has 2 aliphatic carbocycles. The van der Waals surface area contributed by atoms with Crippen molar-refractivity contribution in [2.24, 2.45) is 5.41 Å². The highest BCUT2D eigenvalue weighted by molar-refractivity contribution is 5.05. The number of aliphatic hydroxyl groups is 1. The van der Waals surface area contributed by atoms with Gasteiger partial charge in [-0.3, -0.25) is 0 Å². The van der Waals surface area contributed by atoms with E-state index >= 15 is 0 Å². The van der Waals surface area contributed by atoms with Crippen LogP contribution in [0.5, 0.6) is 0 Å². The van der Waals surface area contributed by atoms with Crippen LogP contribution >= 0.6 is 0 Å². The molecular formula is C15H29NO2. The third kappa shape index (κ3) is 2.59. The highest BCUT2D eigenvalue weighted by atomic mass is 16.5. The first kappa shape index (κ1) is 14.3. The van der Waals surface area contributed by atoms with Gasteiger partial charge in [-0.2, -0.15) is 0 Å². The van der Waals surface area contributed by atoms with Gasteiger partial charge in [-0.05, 0) is 32.6 Å². The van der Waals surface area contributed by atoms with Gasteiger partial charge in [0, 0.05) is 24.6 Å². The Kier molecular flexibility index (Phi) is 4.35. The Labute approximate surface area is 111 Å². The van der Waals surface area contributed by atoms with Crippen LogP contribution < -0.4 is 5.32 Å². The average molecular weight is 255 g/mol. The van der Waals surface area contributed by atoms with Gasteiger partial charge in [-0.15, -0.1) is 0 Å². The Morgan fingerprint density at radius 1 is 1.28 bits per heavy atom. The van der Waals surface area contributed by atoms with Crippen LogP contribution in [0.25, 0.3) is 0 Å². The van der Waals surface area contributed by atoms with Crippen molar-refractivity contribution in [3.63, 3.8) is 0 Å². The molecule has 0 saturated heterocycles. The van der Waals surface area contributed by atoms with Crippen molar-refractivity contribution >= 4 is 0 Å². The van der Waals surface area contributed by atoms with Gasteiger partial charge in [0.05, 0.1) is 11.7 Å². The van der Waals surface area contributed by atoms with Crippen LogP contribution in [-0.4, -0.2) is 36.0 Å². The zero-order chi connectivity index (χ0) is 13.2. The summed E-state index contributed by atoms with van der Waals surface area (Å²) in [5.41, 5.74) is -0.198. The molecule has 3 heteroatoms. The fraction of sp³-hybridized carbons (Fsp3) is 1.00. The Hall–Kier alpha value is -0.120. The highest BCUT2D eigenvalue weighted by Crippen LogP contribution is 2.46. The molecule has 0 bridgehead atoms. The summed E-state index contributed by atoms with van der Waals surface area (Å²) in [5.74, 6) is 0. The maximum atomic E-state index is 10.4. The van der Waals surface area contributed by atoms with E-state index in [4.69, 9.17) is 4.74 Å². The highest BCUT2D eigenvalue weighted by Gasteiger charge is 2.51. The SMILES string of the molecule is CCOC1CC(NCC2(O)CCCC2)C1(C)CC. The van der Waals surface area contributed by atoms with Gasteiger partial charge in [0.2, 0.25) is 0 Å². The molecule has 0 spiro atoms. The predicted molar refractivity (Wildman–Crippen MR) is 73.6 cm³/mol. The van der Waals surface area contributed by atoms with E-state index in [1.54, 1.807) is 0 Å². The molecule has 0 heterocycles. The molecule has 2 rings (SSSR count). The monoisotopic (exact) mass is 255 g/mol. The first-order valence-corrected chi connectivity index (χ1v) is 7.61. The molecule has 3 nitrogen and oxygen atoms in total. The third-order valence-corrected chi connectivity index (χ3v) is 5.32. The fourth-order valence-electron chi connectivity index (χ4n) is 3.59. The topological polar surface area (TPSA) is 41.5 Å². The minimum atomic E-state index is -0.439. The standard InChI is InChI=1S/C15H29NO2/c1-4-14(3)12(10-13(14)18-5-2)16-11-15(17)8-6-7-9-15/h12-13,16-17H,4-11H2,1-3H3. The summed E-state index contributed by atoms with van der Waals surface area (Å²) in [6.07, 6.45) is 6.89. The quantitative estimate of drug-likeness (QED) is 0.766. The molecule has 0 aromatic carbocycles. The number of ether oxygens (including phenoxy) is 1. The van der Waals surface area contributed by atoms with Crippen molar-refractivity contribution in [3.8, 4) is 0 Å². The lowest BCUT2D eigenvalue weighted by molar-refractivity contribution is -0.129. The van der Waals surface area contributed by atoms with Gasteiger partial charge in [0.1, 0.15) is 0 Å². The van der Waals surface area contributed by atoms with E-state index in [2.05, 4.69) is 26.1 Å². The molecular weight excluding hydrogens is 226 g/mol. The number of nitrogens with one attached hydrogen (secondary N) is 1. The van der Waals surface area contributed by atoms with Crippen LogP contribution in [0, 0.1) is 5.41 Å². The van der Waals surface area contributed by atoms with Crippen LogP contribution in [0.3, 0.4) is 0 Å². The fourth-order valence-corrected chi connectivity index (χ4v) is 3.59. The summed E-state index contributed by atoms with van der Waals surface area (Å²) < 4.78 is 5.81. The predicted octanol–water partition coefficient (Wildman–Crippen LogP) is 2.47. The zero-order valence-electron chi connectivity index (χ0n) is 12.2. The summed E-state index contributed by atoms with van der Waals surface area (Å²) in [7, 11) is 0. The molecule has 106 valence electrons. The second kappa shape index (κ2) is 5.48. The van der Waals surface area contributed by atoms with Gasteiger partial charge in [-0.1, -0.05) is 26.7 Å². The van der Waals surface area contributed by atoms with E-state index in [1.807, 2.05) is 0 Å². The Bertz CT molecular complexity index is 276. The maximum Gasteiger partial charge on any atom is 0.0771 e. The molecule has 3 atom stereocenters. The van der Waals surface area contributed by atoms with Gasteiger partial charge in [0.15, 0.2) is 0 Å². The van der Waals surface area contributed by atoms with Crippen molar-refractivity contribution in [3.05, 3.63) is 0 Å². The number of hydrogen-bond donors (Lipinski definition) is 2. The van der Waals surface area contributed by atoms with E-state index in [-0.39, 0.29) is 5.41 Å². The Balaban J connectivity index is 1.83. The zero-order valence-corrected chi connectivity index (χ0v) is 12.2. The Morgan fingerprint density at radius 2 is 1.94 bits per heavy atom. The van der Waals surface area contributed by atoms with E-state index < -0.39 is 5.60 Å². The van der Waals surface area contributed by atoms with Gasteiger partial charge in [0.25, 0.3) is 0 Å². The number of hydrogen-bond acceptors (Lipinski definition) is 3. The first-order valence-electron chi connectivity index (χ1n) is 7.61. The third-order valence-electron chi connectivity index (χ3n) is 5.32. The molecule has 0 aromatic heterocycles. The van der Waals surface area contributed by atoms with Gasteiger partial charge < -0.3 is 15.2 Å². The molecule has 0 radical (unpaired) electrons. The summed E-state index contributed by atoms with van der Waals surface area (Å²) in [4.78, 5) is 0. The number of rotatable bonds is 6. The van der Waals surface area contributed by atoms with Crippen molar-refractivity contribution in [1.82, 2.24) is 5.32 Å². The van der Waals surface area contributed by atoms with Crippen molar-refractivity contribution in [1.29, 1.82) is 0 Å². The molecule has 3 unspecified atom stereocenters. The van der Waals surface area contributed by atoms with E-state index in [1.165, 1.54) is 12.8 Å². The van der Waals surface area contributed by atoms with E-state index in [0.717, 1.165) is 38.8 Å². The first-order chi connectivity index (χ1) is 8.54. The molecule has 0 aliphatic heterocycles. The lowest BCUT2D eigenvalue weighted by Crippen LogP contribution is -2.63. The molecule has 2 fully saturated rings. The molecule has 2 aliphatic rings. The molecule has 0 aromatic rings. The molecule has 2 saturated carbocycles. The summed E-state index contributed by atoms with van der Waals surface area (Å²) >= 11 is 0. The molecule has 2 N–H and O–H groups in total. The Morgan fingerprint density at radius 3 is 2.50 bits per heavy atom. The average Bonchev–Trinajstić information content (AvgIpc) is 2.79. The van der Waals surface area contributed by atoms with Crippen molar-refractivity contribution < 1.29 is 9.84 Å². The summed E-state index contributed by atoms with van der Waals surface area (Å²) in [6.45, 7) is 8.18. The molecule has 18 heavy (non-hydrogen) atoms. The smallest absolute Gasteiger partial charge is 0.0771 e. The minimum absolute atomic E-state index is 0.241. The van der Waals surface area contributed by atoms with Crippen LogP contribution in [0.4, 0.5) is 0 Å². The van der Waals surface area contributed by atoms with Crippen molar-refractivity contribution in [2.75, 3.05) is 13.2 Å². The van der Waals surface area contributed by atoms with Crippen LogP contribution in [-0.2, 0) is 4.74 Å². The van der Waals surface area contributed by atoms with Crippen LogP contribution in [0.1, 0.15) is 59.3 Å². The van der Waals surface area contributed by atoms with Crippen molar-refractivity contribution in [2.45, 2.75) is 77.0 Å². The molecule has 0 amide bonds. The van der Waals surface area contributed by atoms with E-state index in [0.29, 0.717) is 12.1 Å². The normalized spacial score (nSPS) is 38.7. The minimum Gasteiger partial charge on any atom is -0.389 e.